The minimum absolute atomic E-state index is 0.0962. The number of rotatable bonds is 7. The van der Waals surface area contributed by atoms with Crippen LogP contribution < -0.4 is 10.6 Å². The lowest BCUT2D eigenvalue weighted by Gasteiger charge is -2.26. The fraction of sp³-hybridized carbons (Fsp3) is 0.615. The smallest absolute Gasteiger partial charge is 0.187 e. The van der Waals surface area contributed by atoms with Crippen LogP contribution in [0.3, 0.4) is 0 Å². The van der Waals surface area contributed by atoms with Gasteiger partial charge in [-0.3, -0.25) is 5.41 Å². The first-order chi connectivity index (χ1) is 8.95. The van der Waals surface area contributed by atoms with Gasteiger partial charge < -0.3 is 10.6 Å². The minimum Gasteiger partial charge on any atom is -0.388 e. The van der Waals surface area contributed by atoms with Crippen LogP contribution in [0.1, 0.15) is 32.9 Å². The quantitative estimate of drug-likeness (QED) is 0.584. The van der Waals surface area contributed by atoms with E-state index in [0.29, 0.717) is 43.4 Å². The highest BCUT2D eigenvalue weighted by atomic mass is 19.1. The van der Waals surface area contributed by atoms with E-state index < -0.39 is 0 Å². The van der Waals surface area contributed by atoms with Crippen LogP contribution in [0.15, 0.2) is 6.33 Å². The summed E-state index contributed by atoms with van der Waals surface area (Å²) in [6.07, 6.45) is 2.32. The van der Waals surface area contributed by atoms with E-state index in [1.807, 2.05) is 11.8 Å². The number of amidine groups is 1. The molecule has 0 aliphatic carbocycles. The summed E-state index contributed by atoms with van der Waals surface area (Å²) >= 11 is 0. The highest BCUT2D eigenvalue weighted by Crippen LogP contribution is 2.19. The second kappa shape index (κ2) is 7.01. The summed E-state index contributed by atoms with van der Waals surface area (Å²) in [5, 5.41) is 7.29. The number of aromatic nitrogens is 2. The van der Waals surface area contributed by atoms with Gasteiger partial charge in [0.25, 0.3) is 0 Å². The molecule has 3 N–H and O–H groups in total. The zero-order valence-corrected chi connectivity index (χ0v) is 11.8. The molecule has 0 bridgehead atoms. The Balaban J connectivity index is 2.98. The largest absolute Gasteiger partial charge is 0.388 e. The van der Waals surface area contributed by atoms with E-state index in [0.717, 1.165) is 0 Å². The van der Waals surface area contributed by atoms with Crippen LogP contribution in [-0.4, -0.2) is 28.9 Å². The van der Waals surface area contributed by atoms with Gasteiger partial charge in [-0.1, -0.05) is 20.8 Å². The second-order valence-corrected chi connectivity index (χ2v) is 4.93. The summed E-state index contributed by atoms with van der Waals surface area (Å²) in [6, 6.07) is 0. The van der Waals surface area contributed by atoms with Gasteiger partial charge in [-0.05, 0) is 12.3 Å². The van der Waals surface area contributed by atoms with E-state index in [4.69, 9.17) is 11.1 Å². The van der Waals surface area contributed by atoms with Gasteiger partial charge in [0.2, 0.25) is 0 Å². The molecule has 106 valence electrons. The van der Waals surface area contributed by atoms with Crippen molar-refractivity contribution >= 4 is 11.7 Å². The number of nitrogens with zero attached hydrogens (tertiary/aromatic N) is 3. The third-order valence-corrected chi connectivity index (χ3v) is 2.71. The van der Waals surface area contributed by atoms with E-state index in [9.17, 15) is 4.39 Å². The zero-order valence-electron chi connectivity index (χ0n) is 11.8. The van der Waals surface area contributed by atoms with E-state index in [2.05, 4.69) is 23.8 Å². The topological polar surface area (TPSA) is 78.9 Å². The van der Waals surface area contributed by atoms with Crippen molar-refractivity contribution in [2.45, 2.75) is 33.6 Å². The Hall–Kier alpha value is -1.72. The first-order valence-corrected chi connectivity index (χ1v) is 6.52. The van der Waals surface area contributed by atoms with Gasteiger partial charge in [0.05, 0.1) is 11.5 Å². The summed E-state index contributed by atoms with van der Waals surface area (Å²) < 4.78 is 14.2. The summed E-state index contributed by atoms with van der Waals surface area (Å²) in [5.74, 6) is 0.404. The van der Waals surface area contributed by atoms with E-state index in [1.165, 1.54) is 6.33 Å². The van der Waals surface area contributed by atoms with Crippen molar-refractivity contribution in [3.63, 3.8) is 0 Å². The second-order valence-electron chi connectivity index (χ2n) is 4.93. The molecule has 0 unspecified atom stereocenters. The fourth-order valence-electron chi connectivity index (χ4n) is 1.84. The molecule has 1 aromatic rings. The lowest BCUT2D eigenvalue weighted by molar-refractivity contribution is 0.559. The van der Waals surface area contributed by atoms with Gasteiger partial charge in [0.15, 0.2) is 11.6 Å². The highest BCUT2D eigenvalue weighted by Gasteiger charge is 2.17. The minimum atomic E-state index is -0.366. The summed E-state index contributed by atoms with van der Waals surface area (Å²) in [7, 11) is 0. The van der Waals surface area contributed by atoms with Crippen molar-refractivity contribution in [3.8, 4) is 0 Å². The summed E-state index contributed by atoms with van der Waals surface area (Å²) in [4.78, 5) is 9.82. The first kappa shape index (κ1) is 15.3. The predicted octanol–water partition coefficient (Wildman–Crippen LogP) is 1.97. The first-order valence-electron chi connectivity index (χ1n) is 6.52. The van der Waals surface area contributed by atoms with Gasteiger partial charge in [0.1, 0.15) is 6.33 Å². The van der Waals surface area contributed by atoms with Crippen LogP contribution in [0.4, 0.5) is 10.2 Å². The average Bonchev–Trinajstić information content (AvgIpc) is 2.34. The molecule has 1 heterocycles. The molecule has 5 nitrogen and oxygen atoms in total. The predicted molar refractivity (Wildman–Crippen MR) is 75.0 cm³/mol. The maximum absolute atomic E-state index is 14.2. The van der Waals surface area contributed by atoms with Crippen LogP contribution in [0.25, 0.3) is 0 Å². The monoisotopic (exact) mass is 267 g/mol. The average molecular weight is 267 g/mol. The van der Waals surface area contributed by atoms with Crippen molar-refractivity contribution in [1.82, 2.24) is 9.97 Å². The highest BCUT2D eigenvalue weighted by molar-refractivity contribution is 5.77. The molecule has 6 heteroatoms. The Morgan fingerprint density at radius 1 is 1.47 bits per heavy atom. The van der Waals surface area contributed by atoms with Crippen LogP contribution in [0.5, 0.6) is 0 Å². The van der Waals surface area contributed by atoms with E-state index in [1.54, 1.807) is 0 Å². The molecule has 0 saturated heterocycles. The lowest BCUT2D eigenvalue weighted by atomic mass is 10.2. The number of anilines is 1. The third-order valence-electron chi connectivity index (χ3n) is 2.71. The Labute approximate surface area is 113 Å². The molecule has 0 aromatic carbocycles. The number of hydrogen-bond donors (Lipinski definition) is 2. The molecule has 0 radical (unpaired) electrons. The molecule has 0 atom stereocenters. The molecular formula is C13H22FN5. The van der Waals surface area contributed by atoms with Crippen LogP contribution in [0.2, 0.25) is 0 Å². The maximum atomic E-state index is 14.2. The molecule has 0 aliphatic rings. The maximum Gasteiger partial charge on any atom is 0.187 e. The molecule has 1 rings (SSSR count). The summed E-state index contributed by atoms with van der Waals surface area (Å²) in [5.41, 5.74) is 5.79. The summed E-state index contributed by atoms with van der Waals surface area (Å²) in [6.45, 7) is 7.13. The Kier molecular flexibility index (Phi) is 5.66. The van der Waals surface area contributed by atoms with Crippen molar-refractivity contribution in [2.75, 3.05) is 18.0 Å². The number of aryl methyl sites for hydroxylation is 1. The Morgan fingerprint density at radius 3 is 2.68 bits per heavy atom. The molecule has 0 amide bonds. The van der Waals surface area contributed by atoms with Gasteiger partial charge in [0, 0.05) is 19.5 Å². The number of nitrogens with one attached hydrogen (secondary N) is 1. The number of nitrogens with two attached hydrogens (primary N) is 1. The van der Waals surface area contributed by atoms with Crippen molar-refractivity contribution in [2.24, 2.45) is 11.7 Å². The fourth-order valence-corrected chi connectivity index (χ4v) is 1.84. The SMILES string of the molecule is CCc1ncnc(N(CCC(=N)N)CC(C)C)c1F. The van der Waals surface area contributed by atoms with E-state index in [-0.39, 0.29) is 11.7 Å². The molecule has 0 spiro atoms. The molecule has 0 aliphatic heterocycles. The molecular weight excluding hydrogens is 245 g/mol. The van der Waals surface area contributed by atoms with Gasteiger partial charge in [-0.2, -0.15) is 0 Å². The molecule has 0 saturated carbocycles. The van der Waals surface area contributed by atoms with Crippen LogP contribution >= 0.6 is 0 Å². The van der Waals surface area contributed by atoms with E-state index >= 15 is 0 Å². The number of hydrogen-bond acceptors (Lipinski definition) is 4. The van der Waals surface area contributed by atoms with Crippen LogP contribution in [-0.2, 0) is 6.42 Å². The normalized spacial score (nSPS) is 10.8. The molecule has 19 heavy (non-hydrogen) atoms. The van der Waals surface area contributed by atoms with Crippen molar-refractivity contribution < 1.29 is 4.39 Å². The molecule has 1 aromatic heterocycles. The number of halogens is 1. The van der Waals surface area contributed by atoms with Gasteiger partial charge >= 0.3 is 0 Å². The molecule has 0 fully saturated rings. The van der Waals surface area contributed by atoms with Gasteiger partial charge in [-0.15, -0.1) is 0 Å². The third kappa shape index (κ3) is 4.46. The van der Waals surface area contributed by atoms with Crippen molar-refractivity contribution in [1.29, 1.82) is 5.41 Å². The Morgan fingerprint density at radius 2 is 2.16 bits per heavy atom. The van der Waals surface area contributed by atoms with Gasteiger partial charge in [-0.25, -0.2) is 14.4 Å². The standard InChI is InChI=1S/C13H22FN5/c1-4-10-12(14)13(18-8-17-10)19(7-9(2)3)6-5-11(15)16/h8-9H,4-7H2,1-3H3,(H3,15,16). The zero-order chi connectivity index (χ0) is 14.4. The lowest BCUT2D eigenvalue weighted by Crippen LogP contribution is -2.33. The van der Waals surface area contributed by atoms with Crippen LogP contribution in [0, 0.1) is 17.1 Å². The van der Waals surface area contributed by atoms with Crippen molar-refractivity contribution in [3.05, 3.63) is 17.8 Å². The Bertz CT molecular complexity index is 433.